The second-order valence-corrected chi connectivity index (χ2v) is 7.05. The van der Waals surface area contributed by atoms with Crippen LogP contribution >= 0.6 is 0 Å². The first-order valence-corrected chi connectivity index (χ1v) is 8.77. The lowest BCUT2D eigenvalue weighted by Gasteiger charge is -2.27. The highest BCUT2D eigenvalue weighted by atomic mass is 16.2. The van der Waals surface area contributed by atoms with Crippen LogP contribution in [0.2, 0.25) is 0 Å². The summed E-state index contributed by atoms with van der Waals surface area (Å²) in [7, 11) is 0. The van der Waals surface area contributed by atoms with E-state index in [1.807, 2.05) is 6.07 Å². The zero-order valence-corrected chi connectivity index (χ0v) is 14.2. The molecule has 0 radical (unpaired) electrons. The summed E-state index contributed by atoms with van der Waals surface area (Å²) in [5.74, 6) is -1.43. The minimum atomic E-state index is -0.932. The summed E-state index contributed by atoms with van der Waals surface area (Å²) in [5.41, 5.74) is 7.14. The summed E-state index contributed by atoms with van der Waals surface area (Å²) in [6.07, 6.45) is 1.33. The predicted molar refractivity (Wildman–Crippen MR) is 90.9 cm³/mol. The van der Waals surface area contributed by atoms with Gasteiger partial charge in [0.25, 0.3) is 11.8 Å². The highest BCUT2D eigenvalue weighted by molar-refractivity contribution is 6.23. The van der Waals surface area contributed by atoms with Crippen LogP contribution in [0.25, 0.3) is 0 Å². The quantitative estimate of drug-likeness (QED) is 0.613. The van der Waals surface area contributed by atoms with Crippen LogP contribution in [0.4, 0.5) is 0 Å². The number of rotatable bonds is 5. The van der Waals surface area contributed by atoms with Gasteiger partial charge in [0.1, 0.15) is 6.04 Å². The maximum atomic E-state index is 12.7. The lowest BCUT2D eigenvalue weighted by atomic mass is 10.0. The second-order valence-electron chi connectivity index (χ2n) is 7.05. The van der Waals surface area contributed by atoms with Gasteiger partial charge < -0.3 is 11.1 Å². The van der Waals surface area contributed by atoms with Gasteiger partial charge in [0.05, 0.1) is 11.1 Å². The van der Waals surface area contributed by atoms with Crippen molar-refractivity contribution >= 4 is 23.6 Å². The predicted octanol–water partition coefficient (Wildman–Crippen LogP) is -0.475. The zero-order chi connectivity index (χ0) is 18.4. The van der Waals surface area contributed by atoms with Crippen molar-refractivity contribution in [3.05, 3.63) is 34.9 Å². The molecule has 1 aliphatic carbocycles. The van der Waals surface area contributed by atoms with Gasteiger partial charge in [-0.05, 0) is 43.0 Å². The zero-order valence-electron chi connectivity index (χ0n) is 14.2. The number of fused-ring (bicyclic) bond motifs is 1. The number of nitrogens with one attached hydrogen (secondary N) is 2. The molecule has 4 rings (SSSR count). The fraction of sp³-hybridized carbons (Fsp3) is 0.444. The maximum absolute atomic E-state index is 12.7. The van der Waals surface area contributed by atoms with Gasteiger partial charge in [-0.3, -0.25) is 29.4 Å². The Hall–Kier alpha value is -2.58. The molecule has 0 bridgehead atoms. The second kappa shape index (κ2) is 6.30. The average Bonchev–Trinajstić information content (AvgIpc) is 3.35. The van der Waals surface area contributed by atoms with Crippen molar-refractivity contribution in [2.75, 3.05) is 6.54 Å². The molecule has 1 aromatic carbocycles. The molecule has 1 saturated carbocycles. The van der Waals surface area contributed by atoms with Crippen LogP contribution in [0.1, 0.15) is 45.5 Å². The Labute approximate surface area is 150 Å². The number of imide groups is 2. The number of nitrogens with zero attached hydrogens (tertiary/aromatic N) is 1. The molecule has 26 heavy (non-hydrogen) atoms. The molecule has 0 aromatic heterocycles. The first-order chi connectivity index (χ1) is 12.5. The standard InChI is InChI=1S/C18H20N4O4/c19-7-10-6-13(10)20-8-9-1-2-11-12(5-9)18(26)22(17(11)25)14-3-4-15(23)21-16(14)24/h1-2,5,10,13-14,20H,3-4,6-8,19H2,(H,21,23,24). The average molecular weight is 356 g/mol. The molecular weight excluding hydrogens is 336 g/mol. The summed E-state index contributed by atoms with van der Waals surface area (Å²) < 4.78 is 0. The van der Waals surface area contributed by atoms with Crippen molar-refractivity contribution in [1.82, 2.24) is 15.5 Å². The Kier molecular flexibility index (Phi) is 4.08. The molecule has 8 nitrogen and oxygen atoms in total. The molecule has 2 heterocycles. The van der Waals surface area contributed by atoms with Gasteiger partial charge in [0.15, 0.2) is 0 Å². The minimum Gasteiger partial charge on any atom is -0.330 e. The Balaban J connectivity index is 1.51. The molecule has 0 spiro atoms. The van der Waals surface area contributed by atoms with Gasteiger partial charge >= 0.3 is 0 Å². The molecule has 4 N–H and O–H groups in total. The molecule has 3 aliphatic rings. The van der Waals surface area contributed by atoms with Crippen LogP contribution in [0.5, 0.6) is 0 Å². The number of hydrogen-bond acceptors (Lipinski definition) is 6. The van der Waals surface area contributed by atoms with Crippen molar-refractivity contribution in [2.45, 2.75) is 37.9 Å². The summed E-state index contributed by atoms with van der Waals surface area (Å²) in [4.78, 5) is 49.7. The highest BCUT2D eigenvalue weighted by Gasteiger charge is 2.44. The molecule has 3 atom stereocenters. The summed E-state index contributed by atoms with van der Waals surface area (Å²) in [5, 5.41) is 5.58. The Bertz CT molecular complexity index is 821. The third-order valence-electron chi connectivity index (χ3n) is 5.30. The lowest BCUT2D eigenvalue weighted by molar-refractivity contribution is -0.136. The van der Waals surface area contributed by atoms with Gasteiger partial charge in [-0.25, -0.2) is 0 Å². The fourth-order valence-corrected chi connectivity index (χ4v) is 3.64. The van der Waals surface area contributed by atoms with Crippen LogP contribution < -0.4 is 16.4 Å². The molecule has 2 aliphatic heterocycles. The number of nitrogens with two attached hydrogens (primary N) is 1. The SMILES string of the molecule is NCC1CC1NCc1ccc2c(c1)C(=O)N(C1CCC(=O)NC1=O)C2=O. The van der Waals surface area contributed by atoms with Gasteiger partial charge in [-0.2, -0.15) is 0 Å². The first-order valence-electron chi connectivity index (χ1n) is 8.77. The van der Waals surface area contributed by atoms with E-state index in [1.165, 1.54) is 0 Å². The van der Waals surface area contributed by atoms with E-state index in [2.05, 4.69) is 10.6 Å². The van der Waals surface area contributed by atoms with E-state index in [0.29, 0.717) is 36.2 Å². The number of piperidine rings is 1. The van der Waals surface area contributed by atoms with Gasteiger partial charge in [0.2, 0.25) is 11.8 Å². The van der Waals surface area contributed by atoms with E-state index in [4.69, 9.17) is 5.73 Å². The fourth-order valence-electron chi connectivity index (χ4n) is 3.64. The molecule has 2 fully saturated rings. The van der Waals surface area contributed by atoms with E-state index in [1.54, 1.807) is 12.1 Å². The smallest absolute Gasteiger partial charge is 0.262 e. The molecule has 136 valence electrons. The van der Waals surface area contributed by atoms with Gasteiger partial charge in [0, 0.05) is 19.0 Å². The number of amides is 4. The number of hydrogen-bond donors (Lipinski definition) is 3. The summed E-state index contributed by atoms with van der Waals surface area (Å²) in [6, 6.07) is 4.62. The lowest BCUT2D eigenvalue weighted by Crippen LogP contribution is -2.54. The molecule has 1 aromatic rings. The Morgan fingerprint density at radius 1 is 1.15 bits per heavy atom. The van der Waals surface area contributed by atoms with E-state index in [0.717, 1.165) is 16.9 Å². The van der Waals surface area contributed by atoms with Crippen molar-refractivity contribution in [3.8, 4) is 0 Å². The van der Waals surface area contributed by atoms with Crippen molar-refractivity contribution in [2.24, 2.45) is 11.7 Å². The Morgan fingerprint density at radius 2 is 1.92 bits per heavy atom. The minimum absolute atomic E-state index is 0.114. The normalized spacial score (nSPS) is 27.6. The van der Waals surface area contributed by atoms with Crippen LogP contribution in [0.15, 0.2) is 18.2 Å². The van der Waals surface area contributed by atoms with Crippen molar-refractivity contribution in [1.29, 1.82) is 0 Å². The molecule has 1 saturated heterocycles. The molecule has 3 unspecified atom stereocenters. The van der Waals surface area contributed by atoms with E-state index >= 15 is 0 Å². The van der Waals surface area contributed by atoms with E-state index in [9.17, 15) is 19.2 Å². The van der Waals surface area contributed by atoms with E-state index < -0.39 is 23.8 Å². The third kappa shape index (κ3) is 2.81. The Morgan fingerprint density at radius 3 is 2.62 bits per heavy atom. The van der Waals surface area contributed by atoms with E-state index in [-0.39, 0.29) is 18.7 Å². The first kappa shape index (κ1) is 16.9. The number of carbonyl (C=O) groups is 4. The third-order valence-corrected chi connectivity index (χ3v) is 5.30. The molecule has 8 heteroatoms. The summed E-state index contributed by atoms with van der Waals surface area (Å²) in [6.45, 7) is 1.25. The van der Waals surface area contributed by atoms with Gasteiger partial charge in [-0.1, -0.05) is 6.07 Å². The van der Waals surface area contributed by atoms with Crippen molar-refractivity contribution in [3.63, 3.8) is 0 Å². The van der Waals surface area contributed by atoms with Crippen LogP contribution in [0, 0.1) is 5.92 Å². The monoisotopic (exact) mass is 356 g/mol. The summed E-state index contributed by atoms with van der Waals surface area (Å²) >= 11 is 0. The number of carbonyl (C=O) groups excluding carboxylic acids is 4. The largest absolute Gasteiger partial charge is 0.330 e. The van der Waals surface area contributed by atoms with Gasteiger partial charge in [-0.15, -0.1) is 0 Å². The topological polar surface area (TPSA) is 122 Å². The van der Waals surface area contributed by atoms with Crippen LogP contribution in [0.3, 0.4) is 0 Å². The highest BCUT2D eigenvalue weighted by Crippen LogP contribution is 2.30. The number of benzene rings is 1. The van der Waals surface area contributed by atoms with Crippen molar-refractivity contribution < 1.29 is 19.2 Å². The van der Waals surface area contributed by atoms with Crippen LogP contribution in [-0.4, -0.2) is 47.2 Å². The maximum Gasteiger partial charge on any atom is 0.262 e. The van der Waals surface area contributed by atoms with Crippen LogP contribution in [-0.2, 0) is 16.1 Å². The molecular formula is C18H20N4O4. The molecule has 4 amide bonds.